The SMILES string of the molecule is O=S(CCCCO[C@@H]1[C@@H](O)[C@H]2O[C@H]3[C@H](O)[C@@H](O)[C@@H](O[C@H]4[C@H](O)[C@@H](O)[C@@H](O[C@H]5[C@H](O)[C@@H](O)[C@@H](O[C@H]6[C@H](O)[C@@H](O)[C@@H](O[C@H]7[C@H](O)[C@@H](O)[C@@H](O[C@H]1[C@@H](CO)O2)O[C@@H]7CO)O[C@@H]6CO)O[C@@H]5CO)O[C@@H]4CO)O[C@@H]3CO)O[C@@H]1[C@@H](O)[C@H]2O[C@H]3[C@H](O)[C@@H](O)[C@@H](O[C@H]4[C@H](O)[C@@H](O)[C@@H](O[C@H]5[C@H](O)[C@@H](O)[C@@H](O[C@H]6[C@H](O)[C@@H](O)[C@@H](O[C@H]7[C@H](O)[C@@H](O)[C@@H](O[C@H]1[C@@H](CO)O2)O[C@@H]7CO)O[C@@H]6CO)O[C@@H]5CO)O[C@@H]4CO)O[C@@H]3CO. The summed E-state index contributed by atoms with van der Waals surface area (Å²) >= 11 is -2.82. The third-order valence-corrected chi connectivity index (χ3v) is 27.6. The average molecular weight is 2050 g/mol. The molecule has 802 valence electrons. The molecule has 0 saturated carbocycles. The summed E-state index contributed by atoms with van der Waals surface area (Å²) in [6.45, 7) is -14.6. The van der Waals surface area contributed by atoms with Gasteiger partial charge in [0.05, 0.1) is 79.3 Å². The number of aliphatic hydroxyl groups excluding tert-OH is 34. The molecule has 44 saturated heterocycles. The van der Waals surface area contributed by atoms with E-state index in [9.17, 15) is 178 Å². The van der Waals surface area contributed by atoms with Gasteiger partial charge in [0, 0.05) is 12.4 Å². The Kier molecular flexibility index (Phi) is 39.2. The van der Waals surface area contributed by atoms with Gasteiger partial charge in [-0.15, -0.1) is 0 Å². The number of aliphatic hydroxyl groups is 34. The van der Waals surface area contributed by atoms with Crippen molar-refractivity contribution in [2.24, 2.45) is 0 Å². The maximum atomic E-state index is 14.7. The van der Waals surface area contributed by atoms with Crippen LogP contribution in [0.1, 0.15) is 12.8 Å². The van der Waals surface area contributed by atoms with Gasteiger partial charge in [-0.3, -0.25) is 4.18 Å². The highest BCUT2D eigenvalue weighted by Gasteiger charge is 2.64. The van der Waals surface area contributed by atoms with Crippen LogP contribution in [0.5, 0.6) is 0 Å². The molecule has 61 atom stereocenters. The molecule has 44 aliphatic rings. The second kappa shape index (κ2) is 48.6. The van der Waals surface area contributed by atoms with Crippen LogP contribution in [0.2, 0.25) is 0 Å². The molecule has 44 fully saturated rings. The molecule has 44 heterocycles. The maximum absolute atomic E-state index is 14.7. The molecule has 1 unspecified atom stereocenters. The van der Waals surface area contributed by atoms with Gasteiger partial charge in [0.2, 0.25) is 0 Å². The van der Waals surface area contributed by atoms with E-state index in [4.69, 9.17) is 123 Å². The van der Waals surface area contributed by atoms with Gasteiger partial charge >= 0.3 is 0 Å². The Hall–Kier alpha value is -2.25. The van der Waals surface area contributed by atoms with E-state index < -0.39 is 471 Å². The Labute approximate surface area is 782 Å². The monoisotopic (exact) mass is 2050 g/mol. The summed E-state index contributed by atoms with van der Waals surface area (Å²) in [7, 11) is 0. The minimum Gasteiger partial charge on any atom is -0.394 e. The lowest BCUT2D eigenvalue weighted by Gasteiger charge is -2.51. The maximum Gasteiger partial charge on any atom is 0.187 e. The fraction of sp³-hybridized carbons (Fsp3) is 1.00. The Balaban J connectivity index is 0.719. The van der Waals surface area contributed by atoms with E-state index in [1.165, 1.54) is 0 Å². The van der Waals surface area contributed by atoms with Crippen LogP contribution in [0, 0.1) is 0 Å². The van der Waals surface area contributed by atoms with Gasteiger partial charge in [-0.25, -0.2) is 4.21 Å². The van der Waals surface area contributed by atoms with Crippen LogP contribution >= 0.6 is 0 Å². The Morgan fingerprint density at radius 3 is 0.471 bits per heavy atom. The first kappa shape index (κ1) is 111. The zero-order chi connectivity index (χ0) is 99.9. The van der Waals surface area contributed by atoms with E-state index in [0.717, 1.165) is 0 Å². The van der Waals surface area contributed by atoms with Gasteiger partial charge in [0.1, 0.15) is 293 Å². The first-order valence-electron chi connectivity index (χ1n) is 44.6. The van der Waals surface area contributed by atoms with Crippen LogP contribution in [-0.2, 0) is 134 Å². The topological polar surface area (TPSA) is 945 Å². The van der Waals surface area contributed by atoms with Gasteiger partial charge in [0.25, 0.3) is 0 Å². The zero-order valence-electron chi connectivity index (χ0n) is 72.6. The lowest BCUT2D eigenvalue weighted by Crippen LogP contribution is -2.69. The third kappa shape index (κ3) is 22.8. The van der Waals surface area contributed by atoms with Crippen molar-refractivity contribution in [1.29, 1.82) is 0 Å². The lowest BCUT2D eigenvalue weighted by molar-refractivity contribution is -0.404. The van der Waals surface area contributed by atoms with E-state index in [1.807, 2.05) is 0 Å². The van der Waals surface area contributed by atoms with Crippen molar-refractivity contribution in [3.05, 3.63) is 0 Å². The van der Waals surface area contributed by atoms with Crippen LogP contribution in [0.4, 0.5) is 0 Å². The van der Waals surface area contributed by atoms with Crippen molar-refractivity contribution in [2.75, 3.05) is 91.6 Å². The molecule has 138 heavy (non-hydrogen) atoms. The molecule has 24 bridgehead atoms. The number of ether oxygens (including phenoxy) is 25. The molecule has 61 nitrogen and oxygen atoms in total. The molecule has 0 aromatic carbocycles. The second-order valence-electron chi connectivity index (χ2n) is 35.3. The Bertz CT molecular complexity index is 3680. The van der Waals surface area contributed by atoms with Gasteiger partial charge in [-0.05, 0) is 12.8 Å². The van der Waals surface area contributed by atoms with Crippen molar-refractivity contribution >= 4 is 11.1 Å². The van der Waals surface area contributed by atoms with E-state index in [-0.39, 0.29) is 12.8 Å². The summed E-state index contributed by atoms with van der Waals surface area (Å²) in [5.41, 5.74) is 0. The minimum atomic E-state index is -2.82. The predicted molar refractivity (Wildman–Crippen MR) is 416 cm³/mol. The van der Waals surface area contributed by atoms with Gasteiger partial charge < -0.3 is 292 Å². The van der Waals surface area contributed by atoms with Gasteiger partial charge in [0.15, 0.2) is 86.6 Å². The smallest absolute Gasteiger partial charge is 0.187 e. The minimum absolute atomic E-state index is 0.345. The fourth-order valence-electron chi connectivity index (χ4n) is 18.8. The highest BCUT2D eigenvalue weighted by Crippen LogP contribution is 2.44. The van der Waals surface area contributed by atoms with E-state index in [2.05, 4.69) is 0 Å². The largest absolute Gasteiger partial charge is 0.394 e. The second-order valence-corrected chi connectivity index (χ2v) is 36.5. The molecule has 34 N–H and O–H groups in total. The van der Waals surface area contributed by atoms with E-state index in [0.29, 0.717) is 0 Å². The normalized spacial score (nSPS) is 53.8. The van der Waals surface area contributed by atoms with Crippen molar-refractivity contribution < 1.29 is 300 Å². The molecular weight excluding hydrogens is 1920 g/mol. The van der Waals surface area contributed by atoms with Gasteiger partial charge in [-0.2, -0.15) is 0 Å². The summed E-state index contributed by atoms with van der Waals surface area (Å²) < 4.78 is 167. The summed E-state index contributed by atoms with van der Waals surface area (Å²) in [6.07, 6.45) is -129. The van der Waals surface area contributed by atoms with Gasteiger partial charge in [-0.1, -0.05) is 0 Å². The highest BCUT2D eigenvalue weighted by atomic mass is 32.2. The Morgan fingerprint density at radius 2 is 0.304 bits per heavy atom. The van der Waals surface area contributed by atoms with E-state index in [1.54, 1.807) is 0 Å². The summed E-state index contributed by atoms with van der Waals surface area (Å²) in [5, 5.41) is 387. The predicted octanol–water partition coefficient (Wildman–Crippen LogP) is -24.6. The van der Waals surface area contributed by atoms with Crippen molar-refractivity contribution in [3.63, 3.8) is 0 Å². The fourth-order valence-corrected chi connectivity index (χ4v) is 19.8. The molecule has 0 spiro atoms. The standard InChI is InChI=1S/C76H126O61S/c77-5-17-51-29(89)39(99)65(113-17)127-53-19(7-79)117-69(43(103)33(53)93)131-57-23(11-83)121-73(47(107)37(57)97)135-61-27(15-87)123-75(133-59-25(13-85)119-71(45(105)35(59)95)129-55-21(9-81)115-67(125-51)41(101)31(55)91)49(109)63(61)112-3-1-2-4-138(111)137-64-50(110)76-124-28(16-88)62(64)136-74-48(108)38(98)58(24(12-84)122-74)132-70-44(104)34(94)54(20(8-80)118-70)128-66-40(100)30(90)52(18(6-78)114-66)126-68-42(102)32(92)56(22(10-82)116-68)130-72-46(106)36(96)60(134-76)26(14-86)120-72/h17-110H,1-16H2/t17-,18-,19-,20-,21-,22-,23-,24-,25-,26-,27-,28-,29-,30-,31-,32-,33-,34-,35-,36-,37-,38-,39-,40-,41-,42-,43-,44-,45-,46-,47-,48-,49-,50-,51-,52-,53-,54-,55-,56-,57-,58-,59-,60-,61+,62+,63-,64-,65-,66-,67-,68-,69-,70-,71-,72-,73-,74-,75-,76-,138?/m1/s1. The molecule has 62 heteroatoms. The first-order valence-corrected chi connectivity index (χ1v) is 45.8. The molecular formula is C76H126O61S. The molecule has 0 aromatic rings. The van der Waals surface area contributed by atoms with Crippen LogP contribution in [0.3, 0.4) is 0 Å². The summed E-state index contributed by atoms with van der Waals surface area (Å²) in [4.78, 5) is 0. The summed E-state index contributed by atoms with van der Waals surface area (Å²) in [5.74, 6) is -0.684. The molecule has 0 aromatic heterocycles. The third-order valence-electron chi connectivity index (χ3n) is 26.5. The Morgan fingerprint density at radius 1 is 0.167 bits per heavy atom. The first-order chi connectivity index (χ1) is 65.9. The van der Waals surface area contributed by atoms with Crippen LogP contribution in [0.25, 0.3) is 0 Å². The molecule has 0 aliphatic carbocycles. The molecule has 44 rings (SSSR count). The van der Waals surface area contributed by atoms with E-state index >= 15 is 0 Å². The van der Waals surface area contributed by atoms with Crippen LogP contribution in [-0.4, -0.2) is 638 Å². The van der Waals surface area contributed by atoms with Crippen molar-refractivity contribution in [3.8, 4) is 0 Å². The molecule has 44 aliphatic heterocycles. The van der Waals surface area contributed by atoms with Crippen LogP contribution in [0.15, 0.2) is 0 Å². The zero-order valence-corrected chi connectivity index (χ0v) is 73.4. The van der Waals surface area contributed by atoms with Crippen molar-refractivity contribution in [1.82, 2.24) is 0 Å². The number of rotatable bonds is 20. The summed E-state index contributed by atoms with van der Waals surface area (Å²) in [6, 6.07) is 0. The average Bonchev–Trinajstić information content (AvgIpc) is 0.766. The lowest BCUT2D eigenvalue weighted by atomic mass is 9.94. The van der Waals surface area contributed by atoms with Crippen LogP contribution < -0.4 is 0 Å². The number of hydrogen-bond acceptors (Lipinski definition) is 61. The molecule has 0 radical (unpaired) electrons. The quantitative estimate of drug-likeness (QED) is 0.0503. The number of hydrogen-bond donors (Lipinski definition) is 34. The van der Waals surface area contributed by atoms with Crippen molar-refractivity contribution in [2.45, 2.75) is 381 Å². The molecule has 0 amide bonds. The number of unbranched alkanes of at least 4 members (excludes halogenated alkanes) is 1. The highest BCUT2D eigenvalue weighted by molar-refractivity contribution is 7.80.